The molecule has 0 unspecified atom stereocenters. The molecule has 2 aliphatic rings. The van der Waals surface area contributed by atoms with E-state index in [0.29, 0.717) is 6.42 Å². The predicted octanol–water partition coefficient (Wildman–Crippen LogP) is 2.37. The first-order chi connectivity index (χ1) is 10.3. The third-order valence-corrected chi connectivity index (χ3v) is 4.19. The Morgan fingerprint density at radius 2 is 2.14 bits per heavy atom. The van der Waals surface area contributed by atoms with Crippen LogP contribution in [0.25, 0.3) is 0 Å². The molecule has 1 aromatic rings. The average molecular weight is 289 g/mol. The first kappa shape index (κ1) is 14.5. The molecule has 21 heavy (non-hydrogen) atoms. The SMILES string of the molecule is O=C(C[C@H]1CCCO1)O[C@@H]1CCN(Cc2ccccc2)C1. The molecule has 0 bridgehead atoms. The van der Waals surface area contributed by atoms with Gasteiger partial charge in [-0.2, -0.15) is 0 Å². The summed E-state index contributed by atoms with van der Waals surface area (Å²) in [6.45, 7) is 3.55. The van der Waals surface area contributed by atoms with Gasteiger partial charge in [0.1, 0.15) is 6.10 Å². The molecule has 1 aromatic carbocycles. The predicted molar refractivity (Wildman–Crippen MR) is 79.8 cm³/mol. The summed E-state index contributed by atoms with van der Waals surface area (Å²) >= 11 is 0. The van der Waals surface area contributed by atoms with E-state index in [1.807, 2.05) is 6.07 Å². The molecule has 114 valence electrons. The van der Waals surface area contributed by atoms with E-state index in [-0.39, 0.29) is 18.2 Å². The van der Waals surface area contributed by atoms with Crippen LogP contribution in [0.1, 0.15) is 31.2 Å². The Kier molecular flexibility index (Phi) is 4.88. The van der Waals surface area contributed by atoms with Crippen LogP contribution in [-0.2, 0) is 20.8 Å². The summed E-state index contributed by atoms with van der Waals surface area (Å²) in [5.74, 6) is -0.103. The molecular formula is C17H23NO3. The van der Waals surface area contributed by atoms with Gasteiger partial charge in [-0.25, -0.2) is 0 Å². The van der Waals surface area contributed by atoms with E-state index in [0.717, 1.165) is 45.5 Å². The standard InChI is InChI=1S/C17H23NO3/c19-17(11-15-7-4-10-20-15)21-16-8-9-18(13-16)12-14-5-2-1-3-6-14/h1-3,5-6,15-16H,4,7-13H2/t15-,16-/m1/s1. The maximum Gasteiger partial charge on any atom is 0.308 e. The van der Waals surface area contributed by atoms with Crippen molar-refractivity contribution in [2.75, 3.05) is 19.7 Å². The molecule has 2 atom stereocenters. The van der Waals surface area contributed by atoms with Crippen LogP contribution < -0.4 is 0 Å². The van der Waals surface area contributed by atoms with Gasteiger partial charge in [0.25, 0.3) is 0 Å². The zero-order valence-corrected chi connectivity index (χ0v) is 12.4. The van der Waals surface area contributed by atoms with Crippen LogP contribution in [0, 0.1) is 0 Å². The first-order valence-electron chi connectivity index (χ1n) is 7.87. The Labute approximate surface area is 126 Å². The highest BCUT2D eigenvalue weighted by Crippen LogP contribution is 2.19. The van der Waals surface area contributed by atoms with Gasteiger partial charge in [0, 0.05) is 26.2 Å². The Morgan fingerprint density at radius 1 is 1.29 bits per heavy atom. The van der Waals surface area contributed by atoms with E-state index in [9.17, 15) is 4.79 Å². The lowest BCUT2D eigenvalue weighted by molar-refractivity contribution is -0.150. The van der Waals surface area contributed by atoms with E-state index in [1.54, 1.807) is 0 Å². The third-order valence-electron chi connectivity index (χ3n) is 4.19. The summed E-state index contributed by atoms with van der Waals surface area (Å²) in [6.07, 6.45) is 3.52. The number of ether oxygens (including phenoxy) is 2. The van der Waals surface area contributed by atoms with Gasteiger partial charge in [-0.3, -0.25) is 9.69 Å². The highest BCUT2D eigenvalue weighted by atomic mass is 16.5. The van der Waals surface area contributed by atoms with Crippen LogP contribution in [0.5, 0.6) is 0 Å². The van der Waals surface area contributed by atoms with Crippen molar-refractivity contribution in [3.63, 3.8) is 0 Å². The van der Waals surface area contributed by atoms with Crippen LogP contribution in [0.15, 0.2) is 30.3 Å². The van der Waals surface area contributed by atoms with Gasteiger partial charge < -0.3 is 9.47 Å². The van der Waals surface area contributed by atoms with Crippen molar-refractivity contribution in [1.82, 2.24) is 4.90 Å². The lowest BCUT2D eigenvalue weighted by atomic mass is 10.2. The average Bonchev–Trinajstić information content (AvgIpc) is 3.12. The maximum absolute atomic E-state index is 11.9. The minimum atomic E-state index is -0.103. The Bertz CT molecular complexity index is 456. The van der Waals surface area contributed by atoms with Crippen LogP contribution in [0.2, 0.25) is 0 Å². The molecule has 2 fully saturated rings. The first-order valence-corrected chi connectivity index (χ1v) is 7.87. The molecule has 4 heteroatoms. The second kappa shape index (κ2) is 7.05. The topological polar surface area (TPSA) is 38.8 Å². The van der Waals surface area contributed by atoms with Gasteiger partial charge in [0.15, 0.2) is 0 Å². The summed E-state index contributed by atoms with van der Waals surface area (Å²) in [6, 6.07) is 10.4. The molecule has 0 radical (unpaired) electrons. The number of carbonyl (C=O) groups is 1. The van der Waals surface area contributed by atoms with E-state index in [4.69, 9.17) is 9.47 Å². The zero-order valence-electron chi connectivity index (χ0n) is 12.4. The molecule has 0 saturated carbocycles. The van der Waals surface area contributed by atoms with E-state index >= 15 is 0 Å². The Hall–Kier alpha value is -1.39. The maximum atomic E-state index is 11.9. The zero-order chi connectivity index (χ0) is 14.5. The van der Waals surface area contributed by atoms with Gasteiger partial charge in [-0.05, 0) is 24.8 Å². The molecule has 2 saturated heterocycles. The van der Waals surface area contributed by atoms with E-state index in [1.165, 1.54) is 5.56 Å². The molecule has 0 N–H and O–H groups in total. The second-order valence-electron chi connectivity index (χ2n) is 5.96. The van der Waals surface area contributed by atoms with Gasteiger partial charge in [-0.15, -0.1) is 0 Å². The van der Waals surface area contributed by atoms with E-state index < -0.39 is 0 Å². The molecule has 4 nitrogen and oxygen atoms in total. The van der Waals surface area contributed by atoms with Crippen LogP contribution in [0.3, 0.4) is 0 Å². The number of likely N-dealkylation sites (tertiary alicyclic amines) is 1. The third kappa shape index (κ3) is 4.29. The van der Waals surface area contributed by atoms with Crippen molar-refractivity contribution in [1.29, 1.82) is 0 Å². The van der Waals surface area contributed by atoms with Crippen molar-refractivity contribution in [2.45, 2.75) is 44.4 Å². The van der Waals surface area contributed by atoms with Crippen LogP contribution in [-0.4, -0.2) is 42.8 Å². The molecule has 0 aromatic heterocycles. The fourth-order valence-corrected chi connectivity index (χ4v) is 3.10. The fraction of sp³-hybridized carbons (Fsp3) is 0.588. The summed E-state index contributed by atoms with van der Waals surface area (Å²) in [5, 5.41) is 0. The summed E-state index contributed by atoms with van der Waals surface area (Å²) in [5.41, 5.74) is 1.31. The van der Waals surface area contributed by atoms with Gasteiger partial charge in [0.05, 0.1) is 12.5 Å². The quantitative estimate of drug-likeness (QED) is 0.780. The second-order valence-corrected chi connectivity index (χ2v) is 5.96. The minimum Gasteiger partial charge on any atom is -0.461 e. The van der Waals surface area contributed by atoms with Crippen molar-refractivity contribution >= 4 is 5.97 Å². The minimum absolute atomic E-state index is 0.0441. The largest absolute Gasteiger partial charge is 0.461 e. The van der Waals surface area contributed by atoms with Crippen molar-refractivity contribution in [3.8, 4) is 0 Å². The van der Waals surface area contributed by atoms with Gasteiger partial charge in [0.2, 0.25) is 0 Å². The summed E-state index contributed by atoms with van der Waals surface area (Å²) in [4.78, 5) is 14.2. The smallest absolute Gasteiger partial charge is 0.308 e. The molecule has 0 amide bonds. The molecule has 0 aliphatic carbocycles. The van der Waals surface area contributed by atoms with Gasteiger partial charge >= 0.3 is 5.97 Å². The normalized spacial score (nSPS) is 26.1. The monoisotopic (exact) mass is 289 g/mol. The van der Waals surface area contributed by atoms with E-state index in [2.05, 4.69) is 29.2 Å². The number of carbonyl (C=O) groups excluding carboxylic acids is 1. The number of hydrogen-bond donors (Lipinski definition) is 0. The number of nitrogens with zero attached hydrogens (tertiary/aromatic N) is 1. The van der Waals surface area contributed by atoms with Crippen LogP contribution in [0.4, 0.5) is 0 Å². The van der Waals surface area contributed by atoms with Crippen LogP contribution >= 0.6 is 0 Å². The number of hydrogen-bond acceptors (Lipinski definition) is 4. The fourth-order valence-electron chi connectivity index (χ4n) is 3.10. The van der Waals surface area contributed by atoms with Crippen molar-refractivity contribution in [2.24, 2.45) is 0 Å². The number of benzene rings is 1. The molecule has 2 aliphatic heterocycles. The van der Waals surface area contributed by atoms with Gasteiger partial charge in [-0.1, -0.05) is 30.3 Å². The summed E-state index contributed by atoms with van der Waals surface area (Å²) < 4.78 is 11.1. The molecule has 2 heterocycles. The number of rotatable bonds is 5. The lowest BCUT2D eigenvalue weighted by Crippen LogP contribution is -2.26. The highest BCUT2D eigenvalue weighted by Gasteiger charge is 2.27. The van der Waals surface area contributed by atoms with Crippen molar-refractivity contribution in [3.05, 3.63) is 35.9 Å². The highest BCUT2D eigenvalue weighted by molar-refractivity contribution is 5.70. The Balaban J connectivity index is 1.41. The summed E-state index contributed by atoms with van der Waals surface area (Å²) in [7, 11) is 0. The molecule has 3 rings (SSSR count). The molecule has 0 spiro atoms. The lowest BCUT2D eigenvalue weighted by Gasteiger charge is -2.17. The number of esters is 1. The van der Waals surface area contributed by atoms with Crippen molar-refractivity contribution < 1.29 is 14.3 Å². The molecular weight excluding hydrogens is 266 g/mol. The Morgan fingerprint density at radius 3 is 2.90 bits per heavy atom.